The molecule has 0 radical (unpaired) electrons. The summed E-state index contributed by atoms with van der Waals surface area (Å²) in [5.74, 6) is 0.0893. The van der Waals surface area contributed by atoms with Gasteiger partial charge in [-0.1, -0.05) is 13.8 Å². The normalized spacial score (nSPS) is 16.7. The van der Waals surface area contributed by atoms with Crippen LogP contribution < -0.4 is 16.4 Å². The summed E-state index contributed by atoms with van der Waals surface area (Å²) in [5.41, 5.74) is 4.93. The summed E-state index contributed by atoms with van der Waals surface area (Å²) in [7, 11) is 0. The minimum absolute atomic E-state index is 0.0893. The van der Waals surface area contributed by atoms with Crippen LogP contribution in [0.3, 0.4) is 0 Å². The van der Waals surface area contributed by atoms with Crippen LogP contribution in [0.5, 0.6) is 0 Å². The highest BCUT2D eigenvalue weighted by molar-refractivity contribution is 5.84. The number of carbonyl (C=O) groups is 1. The molecule has 0 heterocycles. The summed E-state index contributed by atoms with van der Waals surface area (Å²) < 4.78 is 0. The molecule has 0 aromatic carbocycles. The lowest BCUT2D eigenvalue weighted by Gasteiger charge is -2.28. The molecule has 2 amide bonds. The molecule has 0 atom stereocenters. The lowest BCUT2D eigenvalue weighted by atomic mass is 9.92. The largest absolute Gasteiger partial charge is 0.387 e. The Hall–Kier alpha value is -1.26. The van der Waals surface area contributed by atoms with Crippen LogP contribution >= 0.6 is 0 Å². The molecule has 5 nitrogen and oxygen atoms in total. The fourth-order valence-electron chi connectivity index (χ4n) is 1.19. The Morgan fingerprint density at radius 2 is 2.13 bits per heavy atom. The Labute approximate surface area is 90.3 Å². The molecular formula is C10H20N4O. The molecule has 0 spiro atoms. The number of nitrogens with two attached hydrogens (primary N) is 1. The maximum absolute atomic E-state index is 11.4. The molecular weight excluding hydrogens is 192 g/mol. The summed E-state index contributed by atoms with van der Waals surface area (Å²) >= 11 is 0. The number of nitrogens with one attached hydrogen (secondary N) is 3. The summed E-state index contributed by atoms with van der Waals surface area (Å²) in [4.78, 5) is 11.4. The van der Waals surface area contributed by atoms with Gasteiger partial charge in [0.2, 0.25) is 0 Å². The van der Waals surface area contributed by atoms with Crippen molar-refractivity contribution in [1.82, 2.24) is 10.6 Å². The van der Waals surface area contributed by atoms with E-state index in [1.54, 1.807) is 0 Å². The minimum Gasteiger partial charge on any atom is -0.387 e. The lowest BCUT2D eigenvalue weighted by molar-refractivity contribution is 0.226. The van der Waals surface area contributed by atoms with Crippen molar-refractivity contribution < 1.29 is 4.79 Å². The topological polar surface area (TPSA) is 91.0 Å². The number of urea groups is 1. The molecule has 86 valence electrons. The zero-order chi connectivity index (χ0) is 11.5. The van der Waals surface area contributed by atoms with Gasteiger partial charge >= 0.3 is 6.03 Å². The van der Waals surface area contributed by atoms with Crippen LogP contribution in [0.15, 0.2) is 0 Å². The number of rotatable bonds is 4. The highest BCUT2D eigenvalue weighted by atomic mass is 16.2. The van der Waals surface area contributed by atoms with E-state index in [2.05, 4.69) is 10.6 Å². The van der Waals surface area contributed by atoms with Crippen molar-refractivity contribution in [3.63, 3.8) is 0 Å². The third-order valence-corrected chi connectivity index (χ3v) is 2.86. The monoisotopic (exact) mass is 212 g/mol. The fraction of sp³-hybridized carbons (Fsp3) is 0.800. The van der Waals surface area contributed by atoms with Crippen LogP contribution in [0.2, 0.25) is 0 Å². The molecule has 15 heavy (non-hydrogen) atoms. The van der Waals surface area contributed by atoms with E-state index in [0.29, 0.717) is 12.6 Å². The van der Waals surface area contributed by atoms with Crippen molar-refractivity contribution in [2.75, 3.05) is 6.54 Å². The predicted molar refractivity (Wildman–Crippen MR) is 59.9 cm³/mol. The van der Waals surface area contributed by atoms with Gasteiger partial charge in [0, 0.05) is 18.0 Å². The highest BCUT2D eigenvalue weighted by Gasteiger charge is 2.24. The SMILES string of the molecule is CC(C)(CNC(=O)NC1CCC1)C(=N)N. The maximum atomic E-state index is 11.4. The molecule has 0 bridgehead atoms. The van der Waals surface area contributed by atoms with E-state index in [9.17, 15) is 4.79 Å². The quantitative estimate of drug-likeness (QED) is 0.410. The van der Waals surface area contributed by atoms with E-state index in [1.165, 1.54) is 6.42 Å². The van der Waals surface area contributed by atoms with Gasteiger partial charge in [0.1, 0.15) is 0 Å². The van der Waals surface area contributed by atoms with Crippen molar-refractivity contribution in [2.45, 2.75) is 39.2 Å². The minimum atomic E-state index is -0.475. The van der Waals surface area contributed by atoms with Crippen molar-refractivity contribution >= 4 is 11.9 Å². The molecule has 1 aliphatic rings. The molecule has 1 aliphatic carbocycles. The first kappa shape index (κ1) is 11.8. The molecule has 0 aliphatic heterocycles. The zero-order valence-electron chi connectivity index (χ0n) is 9.39. The number of hydrogen-bond acceptors (Lipinski definition) is 2. The Morgan fingerprint density at radius 1 is 1.53 bits per heavy atom. The van der Waals surface area contributed by atoms with Crippen LogP contribution in [0.1, 0.15) is 33.1 Å². The molecule has 0 aromatic rings. The van der Waals surface area contributed by atoms with Crippen LogP contribution in [0, 0.1) is 10.8 Å². The van der Waals surface area contributed by atoms with E-state index in [-0.39, 0.29) is 11.9 Å². The van der Waals surface area contributed by atoms with Gasteiger partial charge in [-0.3, -0.25) is 5.41 Å². The second kappa shape index (κ2) is 4.51. The van der Waals surface area contributed by atoms with Gasteiger partial charge in [-0.25, -0.2) is 4.79 Å². The van der Waals surface area contributed by atoms with Gasteiger partial charge in [0.15, 0.2) is 0 Å². The molecule has 0 aromatic heterocycles. The molecule has 1 fully saturated rings. The summed E-state index contributed by atoms with van der Waals surface area (Å²) in [6, 6.07) is 0.180. The standard InChI is InChI=1S/C10H20N4O/c1-10(2,8(11)12)6-13-9(15)14-7-4-3-5-7/h7H,3-6H2,1-2H3,(H3,11,12)(H2,13,14,15). The van der Waals surface area contributed by atoms with Gasteiger partial charge < -0.3 is 16.4 Å². The average Bonchev–Trinajstić information content (AvgIpc) is 2.08. The summed E-state index contributed by atoms with van der Waals surface area (Å²) in [6.45, 7) is 4.05. The van der Waals surface area contributed by atoms with Crippen LogP contribution in [0.4, 0.5) is 4.79 Å². The van der Waals surface area contributed by atoms with E-state index >= 15 is 0 Å². The van der Waals surface area contributed by atoms with Crippen LogP contribution in [0.25, 0.3) is 0 Å². The molecule has 5 heteroatoms. The van der Waals surface area contributed by atoms with Crippen molar-refractivity contribution in [3.05, 3.63) is 0 Å². The summed E-state index contributed by atoms with van der Waals surface area (Å²) in [5, 5.41) is 12.9. The van der Waals surface area contributed by atoms with Crippen molar-refractivity contribution in [1.29, 1.82) is 5.41 Å². The summed E-state index contributed by atoms with van der Waals surface area (Å²) in [6.07, 6.45) is 3.34. The maximum Gasteiger partial charge on any atom is 0.315 e. The third-order valence-electron chi connectivity index (χ3n) is 2.86. The van der Waals surface area contributed by atoms with Gasteiger partial charge in [0.05, 0.1) is 5.84 Å². The second-order valence-electron chi connectivity index (χ2n) is 4.75. The van der Waals surface area contributed by atoms with Gasteiger partial charge in [-0.2, -0.15) is 0 Å². The third kappa shape index (κ3) is 3.42. The highest BCUT2D eigenvalue weighted by Crippen LogP contribution is 2.17. The smallest absolute Gasteiger partial charge is 0.315 e. The van der Waals surface area contributed by atoms with Crippen LogP contribution in [-0.2, 0) is 0 Å². The lowest BCUT2D eigenvalue weighted by Crippen LogP contribution is -2.49. The number of amides is 2. The van der Waals surface area contributed by atoms with Crippen molar-refractivity contribution in [3.8, 4) is 0 Å². The molecule has 0 unspecified atom stereocenters. The first-order valence-electron chi connectivity index (χ1n) is 5.31. The number of amidine groups is 1. The number of carbonyl (C=O) groups excluding carboxylic acids is 1. The van der Waals surface area contributed by atoms with Crippen molar-refractivity contribution in [2.24, 2.45) is 11.1 Å². The van der Waals surface area contributed by atoms with E-state index in [0.717, 1.165) is 12.8 Å². The molecule has 5 N–H and O–H groups in total. The number of hydrogen-bond donors (Lipinski definition) is 4. The molecule has 0 saturated heterocycles. The Balaban J connectivity index is 2.23. The zero-order valence-corrected chi connectivity index (χ0v) is 9.39. The Kier molecular flexibility index (Phi) is 3.55. The van der Waals surface area contributed by atoms with E-state index in [4.69, 9.17) is 11.1 Å². The van der Waals surface area contributed by atoms with Gasteiger partial charge in [-0.05, 0) is 19.3 Å². The fourth-order valence-corrected chi connectivity index (χ4v) is 1.19. The van der Waals surface area contributed by atoms with E-state index in [1.807, 2.05) is 13.8 Å². The molecule has 1 rings (SSSR count). The predicted octanol–water partition coefficient (Wildman–Crippen LogP) is 0.800. The molecule has 1 saturated carbocycles. The Bertz CT molecular complexity index is 258. The first-order valence-corrected chi connectivity index (χ1v) is 5.31. The first-order chi connectivity index (χ1) is 6.92. The Morgan fingerprint density at radius 3 is 2.53 bits per heavy atom. The van der Waals surface area contributed by atoms with Gasteiger partial charge in [0.25, 0.3) is 0 Å². The average molecular weight is 212 g/mol. The van der Waals surface area contributed by atoms with E-state index < -0.39 is 5.41 Å². The van der Waals surface area contributed by atoms with Crippen LogP contribution in [-0.4, -0.2) is 24.5 Å². The second-order valence-corrected chi connectivity index (χ2v) is 4.75. The van der Waals surface area contributed by atoms with Gasteiger partial charge in [-0.15, -0.1) is 0 Å².